The highest BCUT2D eigenvalue weighted by molar-refractivity contribution is 9.10. The van der Waals surface area contributed by atoms with Gasteiger partial charge in [-0.1, -0.05) is 55.3 Å². The summed E-state index contributed by atoms with van der Waals surface area (Å²) in [6, 6.07) is 6.07. The molecule has 6 N–H and O–H groups in total. The fourth-order valence-corrected chi connectivity index (χ4v) is 7.92. The molecule has 5 unspecified atom stereocenters. The minimum absolute atomic E-state index is 0.142. The number of nitrogens with one attached hydrogen (secondary N) is 1. The van der Waals surface area contributed by atoms with Crippen molar-refractivity contribution < 1.29 is 18.3 Å². The largest absolute Gasteiger partial charge is 0.463 e. The summed E-state index contributed by atoms with van der Waals surface area (Å²) in [4.78, 5) is 0. The first-order valence-electron chi connectivity index (χ1n) is 12.9. The smallest absolute Gasteiger partial charge is 0.224 e. The summed E-state index contributed by atoms with van der Waals surface area (Å²) in [5.41, 5.74) is 13.6. The lowest BCUT2D eigenvalue weighted by Gasteiger charge is -2.34. The summed E-state index contributed by atoms with van der Waals surface area (Å²) >= 11 is 3.61. The van der Waals surface area contributed by atoms with Crippen LogP contribution >= 0.6 is 15.9 Å². The Labute approximate surface area is 225 Å². The van der Waals surface area contributed by atoms with E-state index >= 15 is 0 Å². The molecule has 5 atom stereocenters. The summed E-state index contributed by atoms with van der Waals surface area (Å²) in [6.07, 6.45) is 4.10. The van der Waals surface area contributed by atoms with Gasteiger partial charge in [-0.25, -0.2) is 12.7 Å². The molecule has 1 aromatic carbocycles. The molecule has 10 heteroatoms. The first-order chi connectivity index (χ1) is 16.8. The third-order valence-electron chi connectivity index (χ3n) is 7.25. The van der Waals surface area contributed by atoms with Crippen molar-refractivity contribution in [3.8, 4) is 0 Å². The number of benzene rings is 1. The van der Waals surface area contributed by atoms with Crippen LogP contribution < -0.4 is 16.8 Å². The molecule has 0 bridgehead atoms. The maximum absolute atomic E-state index is 13.2. The van der Waals surface area contributed by atoms with E-state index in [0.717, 1.165) is 47.7 Å². The van der Waals surface area contributed by atoms with Crippen LogP contribution in [0.5, 0.6) is 0 Å². The number of halogens is 1. The molecular weight excluding hydrogens is 544 g/mol. The second-order valence-corrected chi connectivity index (χ2v) is 14.0. The second kappa shape index (κ2) is 12.1. The average molecular weight is 588 g/mol. The summed E-state index contributed by atoms with van der Waals surface area (Å²) in [7, 11) is -3.30. The maximum Gasteiger partial charge on any atom is 0.224 e. The van der Waals surface area contributed by atoms with E-state index in [-0.39, 0.29) is 17.6 Å². The predicted molar refractivity (Wildman–Crippen MR) is 147 cm³/mol. The normalized spacial score (nSPS) is 25.2. The third kappa shape index (κ3) is 7.23. The van der Waals surface area contributed by atoms with E-state index in [0.29, 0.717) is 24.7 Å². The number of rotatable bonds is 9. The number of sulfonamides is 1. The monoisotopic (exact) mass is 586 g/mol. The van der Waals surface area contributed by atoms with E-state index in [9.17, 15) is 13.5 Å². The zero-order chi connectivity index (χ0) is 26.7. The number of hydrogen-bond acceptors (Lipinski definition) is 7. The molecule has 0 aliphatic carbocycles. The molecule has 2 aliphatic rings. The second-order valence-electron chi connectivity index (χ2n) is 11.1. The molecule has 1 aromatic rings. The molecule has 3 rings (SSSR count). The molecule has 0 amide bonds. The van der Waals surface area contributed by atoms with Gasteiger partial charge in [0, 0.05) is 17.6 Å². The minimum Gasteiger partial charge on any atom is -0.463 e. The Morgan fingerprint density at radius 2 is 1.97 bits per heavy atom. The van der Waals surface area contributed by atoms with Crippen LogP contribution in [0.25, 0.3) is 0 Å². The summed E-state index contributed by atoms with van der Waals surface area (Å²) in [5.74, 6) is 1.04. The lowest BCUT2D eigenvalue weighted by Crippen LogP contribution is -2.49. The highest BCUT2D eigenvalue weighted by Gasteiger charge is 2.38. The highest BCUT2D eigenvalue weighted by Crippen LogP contribution is 2.37. The van der Waals surface area contributed by atoms with Crippen molar-refractivity contribution in [1.82, 2.24) is 9.62 Å². The molecular formula is C26H43BrN4O4S. The number of nitrogens with two attached hydrogens (primary N) is 2. The number of aliphatic hydroxyl groups is 1. The Morgan fingerprint density at radius 1 is 1.25 bits per heavy atom. The van der Waals surface area contributed by atoms with Gasteiger partial charge >= 0.3 is 0 Å². The van der Waals surface area contributed by atoms with Crippen molar-refractivity contribution in [2.45, 2.75) is 83.7 Å². The first-order valence-corrected chi connectivity index (χ1v) is 15.3. The van der Waals surface area contributed by atoms with Crippen LogP contribution in [-0.4, -0.2) is 49.1 Å². The molecule has 1 fully saturated rings. The SMILES string of the molecule is CC(C)CC(C)CS(=O)(=O)N1CCCCC(c2ccc(Br)c(C(C)(N)C(O)C3=COC(N)N3)c2)CC1. The fourth-order valence-electron chi connectivity index (χ4n) is 5.39. The van der Waals surface area contributed by atoms with Crippen molar-refractivity contribution in [3.63, 3.8) is 0 Å². The van der Waals surface area contributed by atoms with Gasteiger partial charge in [0.25, 0.3) is 0 Å². The molecule has 0 spiro atoms. The van der Waals surface area contributed by atoms with Crippen LogP contribution in [0.4, 0.5) is 0 Å². The molecule has 1 saturated heterocycles. The Balaban J connectivity index is 1.77. The van der Waals surface area contributed by atoms with E-state index in [1.807, 2.05) is 19.1 Å². The Hall–Kier alpha value is -1.17. The summed E-state index contributed by atoms with van der Waals surface area (Å²) < 4.78 is 34.1. The van der Waals surface area contributed by atoms with E-state index in [1.54, 1.807) is 11.2 Å². The lowest BCUT2D eigenvalue weighted by molar-refractivity contribution is 0.116. The molecule has 8 nitrogen and oxygen atoms in total. The van der Waals surface area contributed by atoms with E-state index in [4.69, 9.17) is 16.2 Å². The standard InChI is InChI=1S/C26H43BrN4O4S/c1-17(2)13-18(3)16-36(33,34)31-11-6-5-7-19(10-12-31)20-8-9-22(27)21(14-20)26(4,29)24(32)23-15-35-25(28)30-23/h8-9,14-15,17-19,24-25,30,32H,5-7,10-13,16,28-29H2,1-4H3. The van der Waals surface area contributed by atoms with Gasteiger partial charge in [0.1, 0.15) is 12.4 Å². The molecule has 204 valence electrons. The van der Waals surface area contributed by atoms with Gasteiger partial charge in [-0.15, -0.1) is 0 Å². The first kappa shape index (κ1) is 29.4. The Bertz CT molecular complexity index is 1030. The topological polar surface area (TPSA) is 131 Å². The van der Waals surface area contributed by atoms with Gasteiger partial charge < -0.3 is 20.9 Å². The lowest BCUT2D eigenvalue weighted by atomic mass is 9.82. The van der Waals surface area contributed by atoms with Crippen molar-refractivity contribution >= 4 is 26.0 Å². The van der Waals surface area contributed by atoms with Crippen LogP contribution in [0.2, 0.25) is 0 Å². The molecule has 2 heterocycles. The van der Waals surface area contributed by atoms with Crippen LogP contribution in [0.15, 0.2) is 34.6 Å². The van der Waals surface area contributed by atoms with E-state index < -0.39 is 28.0 Å². The number of hydrogen-bond donors (Lipinski definition) is 4. The van der Waals surface area contributed by atoms with Crippen molar-refractivity contribution in [1.29, 1.82) is 0 Å². The summed E-state index contributed by atoms with van der Waals surface area (Å²) in [6.45, 7) is 9.18. The molecule has 36 heavy (non-hydrogen) atoms. The zero-order valence-electron chi connectivity index (χ0n) is 21.9. The molecule has 0 radical (unpaired) electrons. The van der Waals surface area contributed by atoms with Gasteiger partial charge in [0.05, 0.1) is 17.0 Å². The average Bonchev–Trinajstić information content (AvgIpc) is 3.18. The van der Waals surface area contributed by atoms with Crippen LogP contribution in [-0.2, 0) is 20.3 Å². The van der Waals surface area contributed by atoms with Crippen molar-refractivity contribution in [2.24, 2.45) is 23.3 Å². The van der Waals surface area contributed by atoms with Gasteiger partial charge in [0.15, 0.2) is 0 Å². The maximum atomic E-state index is 13.2. The van der Waals surface area contributed by atoms with Crippen molar-refractivity contribution in [3.05, 3.63) is 45.8 Å². The van der Waals surface area contributed by atoms with Crippen LogP contribution in [0.3, 0.4) is 0 Å². The third-order valence-corrected chi connectivity index (χ3v) is 10.1. The number of aliphatic hydroxyl groups excluding tert-OH is 1. The van der Waals surface area contributed by atoms with Crippen molar-refractivity contribution in [2.75, 3.05) is 18.8 Å². The predicted octanol–water partition coefficient (Wildman–Crippen LogP) is 3.66. The van der Waals surface area contributed by atoms with Gasteiger partial charge in [-0.2, -0.15) is 0 Å². The van der Waals surface area contributed by atoms with E-state index in [2.05, 4.69) is 41.2 Å². The molecule has 2 aliphatic heterocycles. The minimum atomic E-state index is -3.30. The molecule has 0 aromatic heterocycles. The zero-order valence-corrected chi connectivity index (χ0v) is 24.3. The van der Waals surface area contributed by atoms with Gasteiger partial charge in [-0.05, 0) is 67.6 Å². The highest BCUT2D eigenvalue weighted by atomic mass is 79.9. The quantitative estimate of drug-likeness (QED) is 0.347. The van der Waals surface area contributed by atoms with E-state index in [1.165, 1.54) is 6.26 Å². The number of nitrogens with zero attached hydrogens (tertiary/aromatic N) is 1. The number of ether oxygens (including phenoxy) is 1. The Morgan fingerprint density at radius 3 is 2.61 bits per heavy atom. The van der Waals surface area contributed by atoms with Crippen LogP contribution in [0, 0.1) is 11.8 Å². The fraction of sp³-hybridized carbons (Fsp3) is 0.692. The van der Waals surface area contributed by atoms with Crippen LogP contribution in [0.1, 0.15) is 76.8 Å². The molecule has 0 saturated carbocycles. The van der Waals surface area contributed by atoms with Gasteiger partial charge in [0.2, 0.25) is 16.4 Å². The van der Waals surface area contributed by atoms with Gasteiger partial charge in [-0.3, -0.25) is 5.73 Å². The Kier molecular flexibility index (Phi) is 9.90. The summed E-state index contributed by atoms with van der Waals surface area (Å²) in [5, 5.41) is 13.9.